The van der Waals surface area contributed by atoms with Crippen molar-refractivity contribution in [1.82, 2.24) is 0 Å². The average molecular weight is 317 g/mol. The van der Waals surface area contributed by atoms with E-state index in [1.807, 2.05) is 6.07 Å². The maximum Gasteiger partial charge on any atom is 0.0548 e. The summed E-state index contributed by atoms with van der Waals surface area (Å²) in [5, 5.41) is 0.748. The maximum atomic E-state index is 6.37. The molecule has 0 saturated heterocycles. The molecule has 1 atom stereocenters. The molecule has 1 fully saturated rings. The van der Waals surface area contributed by atoms with Crippen molar-refractivity contribution in [2.24, 2.45) is 17.6 Å². The van der Waals surface area contributed by atoms with Crippen molar-refractivity contribution in [1.29, 1.82) is 0 Å². The molecule has 2 rings (SSSR count). The zero-order valence-electron chi connectivity index (χ0n) is 10.1. The molecule has 1 nitrogen and oxygen atoms in total. The fourth-order valence-corrected chi connectivity index (χ4v) is 3.15. The van der Waals surface area contributed by atoms with Gasteiger partial charge in [-0.2, -0.15) is 0 Å². The van der Waals surface area contributed by atoms with Crippen LogP contribution >= 0.6 is 27.5 Å². The largest absolute Gasteiger partial charge is 0.324 e. The summed E-state index contributed by atoms with van der Waals surface area (Å²) in [5.41, 5.74) is 7.57. The van der Waals surface area contributed by atoms with Gasteiger partial charge < -0.3 is 5.73 Å². The molecule has 0 spiro atoms. The first-order chi connectivity index (χ1) is 8.08. The Morgan fingerprint density at radius 1 is 1.29 bits per heavy atom. The van der Waals surface area contributed by atoms with E-state index in [0.29, 0.717) is 5.92 Å². The lowest BCUT2D eigenvalue weighted by atomic mass is 9.78. The van der Waals surface area contributed by atoms with Gasteiger partial charge in [0.2, 0.25) is 0 Å². The highest BCUT2D eigenvalue weighted by atomic mass is 79.9. The van der Waals surface area contributed by atoms with Gasteiger partial charge in [0.05, 0.1) is 5.02 Å². The maximum absolute atomic E-state index is 6.37. The van der Waals surface area contributed by atoms with E-state index in [-0.39, 0.29) is 6.04 Å². The summed E-state index contributed by atoms with van der Waals surface area (Å²) in [6.07, 6.45) is 5.13. The monoisotopic (exact) mass is 315 g/mol. The van der Waals surface area contributed by atoms with Crippen molar-refractivity contribution in [3.8, 4) is 0 Å². The SMILES string of the molecule is CC1CCC(C(N)c2ccc(Cl)c(Br)c2)CC1. The van der Waals surface area contributed by atoms with E-state index in [4.69, 9.17) is 17.3 Å². The molecule has 0 aromatic heterocycles. The summed E-state index contributed by atoms with van der Waals surface area (Å²) in [7, 11) is 0. The quantitative estimate of drug-likeness (QED) is 0.822. The van der Waals surface area contributed by atoms with Crippen LogP contribution in [0, 0.1) is 11.8 Å². The van der Waals surface area contributed by atoms with E-state index in [9.17, 15) is 0 Å². The first-order valence-electron chi connectivity index (χ1n) is 6.28. The third-order valence-corrected chi connectivity index (χ3v) is 5.11. The van der Waals surface area contributed by atoms with Crippen LogP contribution in [0.3, 0.4) is 0 Å². The lowest BCUT2D eigenvalue weighted by molar-refractivity contribution is 0.256. The third kappa shape index (κ3) is 3.24. The second kappa shape index (κ2) is 5.73. The van der Waals surface area contributed by atoms with E-state index < -0.39 is 0 Å². The Morgan fingerprint density at radius 2 is 1.94 bits per heavy atom. The molecule has 1 aromatic rings. The summed E-state index contributed by atoms with van der Waals surface area (Å²) < 4.78 is 0.941. The lowest BCUT2D eigenvalue weighted by Gasteiger charge is -2.31. The van der Waals surface area contributed by atoms with Crippen molar-refractivity contribution in [2.75, 3.05) is 0 Å². The minimum Gasteiger partial charge on any atom is -0.324 e. The van der Waals surface area contributed by atoms with Crippen LogP contribution in [0.1, 0.15) is 44.2 Å². The second-order valence-corrected chi connectivity index (χ2v) is 6.48. The Morgan fingerprint density at radius 3 is 2.53 bits per heavy atom. The lowest BCUT2D eigenvalue weighted by Crippen LogP contribution is -2.25. The van der Waals surface area contributed by atoms with Crippen LogP contribution < -0.4 is 5.73 Å². The van der Waals surface area contributed by atoms with Crippen LogP contribution in [-0.4, -0.2) is 0 Å². The van der Waals surface area contributed by atoms with Crippen LogP contribution in [0.5, 0.6) is 0 Å². The molecule has 0 bridgehead atoms. The van der Waals surface area contributed by atoms with Crippen LogP contribution in [-0.2, 0) is 0 Å². The molecular formula is C14H19BrClN. The Hall–Kier alpha value is -0.0500. The summed E-state index contributed by atoms with van der Waals surface area (Å²) in [5.74, 6) is 1.50. The average Bonchev–Trinajstić information content (AvgIpc) is 2.33. The fourth-order valence-electron chi connectivity index (χ4n) is 2.64. The molecule has 0 amide bonds. The van der Waals surface area contributed by atoms with Crippen LogP contribution in [0.2, 0.25) is 5.02 Å². The van der Waals surface area contributed by atoms with Gasteiger partial charge in [-0.25, -0.2) is 0 Å². The van der Waals surface area contributed by atoms with Gasteiger partial charge in [0.1, 0.15) is 0 Å². The highest BCUT2D eigenvalue weighted by Crippen LogP contribution is 2.36. The molecule has 1 aliphatic rings. The first-order valence-corrected chi connectivity index (χ1v) is 7.45. The predicted molar refractivity (Wildman–Crippen MR) is 77.2 cm³/mol. The number of hydrogen-bond donors (Lipinski definition) is 1. The highest BCUT2D eigenvalue weighted by Gasteiger charge is 2.24. The van der Waals surface area contributed by atoms with Gasteiger partial charge in [-0.05, 0) is 58.3 Å². The Labute approximate surface area is 117 Å². The number of benzene rings is 1. The van der Waals surface area contributed by atoms with Crippen LogP contribution in [0.15, 0.2) is 22.7 Å². The zero-order valence-corrected chi connectivity index (χ0v) is 12.5. The molecule has 1 unspecified atom stereocenters. The van der Waals surface area contributed by atoms with Crippen molar-refractivity contribution in [3.05, 3.63) is 33.3 Å². The van der Waals surface area contributed by atoms with Gasteiger partial charge in [0.15, 0.2) is 0 Å². The van der Waals surface area contributed by atoms with Crippen molar-refractivity contribution < 1.29 is 0 Å². The van der Waals surface area contributed by atoms with E-state index in [1.54, 1.807) is 0 Å². The van der Waals surface area contributed by atoms with E-state index in [1.165, 1.54) is 31.2 Å². The molecule has 0 aliphatic heterocycles. The van der Waals surface area contributed by atoms with Crippen molar-refractivity contribution in [3.63, 3.8) is 0 Å². The van der Waals surface area contributed by atoms with E-state index in [0.717, 1.165) is 15.4 Å². The van der Waals surface area contributed by atoms with Gasteiger partial charge in [-0.3, -0.25) is 0 Å². The van der Waals surface area contributed by atoms with Crippen molar-refractivity contribution in [2.45, 2.75) is 38.6 Å². The third-order valence-electron chi connectivity index (χ3n) is 3.90. The zero-order chi connectivity index (χ0) is 12.4. The molecule has 1 aromatic carbocycles. The molecular weight excluding hydrogens is 298 g/mol. The summed E-state index contributed by atoms with van der Waals surface area (Å²) in [6, 6.07) is 6.18. The second-order valence-electron chi connectivity index (χ2n) is 5.22. The topological polar surface area (TPSA) is 26.0 Å². The number of nitrogens with two attached hydrogens (primary N) is 1. The normalized spacial score (nSPS) is 26.8. The summed E-state index contributed by atoms with van der Waals surface area (Å²) in [6.45, 7) is 2.33. The Balaban J connectivity index is 2.08. The van der Waals surface area contributed by atoms with E-state index >= 15 is 0 Å². The number of hydrogen-bond acceptors (Lipinski definition) is 1. The molecule has 0 heterocycles. The molecule has 94 valence electrons. The van der Waals surface area contributed by atoms with Crippen LogP contribution in [0.25, 0.3) is 0 Å². The van der Waals surface area contributed by atoms with Crippen LogP contribution in [0.4, 0.5) is 0 Å². The van der Waals surface area contributed by atoms with Gasteiger partial charge >= 0.3 is 0 Å². The van der Waals surface area contributed by atoms with Gasteiger partial charge in [0.25, 0.3) is 0 Å². The number of halogens is 2. The molecule has 1 saturated carbocycles. The van der Waals surface area contributed by atoms with E-state index in [2.05, 4.69) is 35.0 Å². The Kier molecular flexibility index (Phi) is 4.51. The molecule has 2 N–H and O–H groups in total. The summed E-state index contributed by atoms with van der Waals surface area (Å²) >= 11 is 9.46. The Bertz CT molecular complexity index is 386. The fraction of sp³-hybridized carbons (Fsp3) is 0.571. The number of rotatable bonds is 2. The minimum absolute atomic E-state index is 0.149. The van der Waals surface area contributed by atoms with Gasteiger partial charge in [0, 0.05) is 10.5 Å². The van der Waals surface area contributed by atoms with Crippen molar-refractivity contribution >= 4 is 27.5 Å². The van der Waals surface area contributed by atoms with Gasteiger partial charge in [-0.1, -0.05) is 37.4 Å². The predicted octanol–water partition coefficient (Wildman–Crippen LogP) is 4.93. The molecule has 3 heteroatoms. The molecule has 0 radical (unpaired) electrons. The highest BCUT2D eigenvalue weighted by molar-refractivity contribution is 9.10. The summed E-state index contributed by atoms with van der Waals surface area (Å²) in [4.78, 5) is 0. The minimum atomic E-state index is 0.149. The molecule has 1 aliphatic carbocycles. The standard InChI is InChI=1S/C14H19BrClN/c1-9-2-4-10(5-3-9)14(17)11-6-7-13(16)12(15)8-11/h6-10,14H,2-5,17H2,1H3. The molecule has 17 heavy (non-hydrogen) atoms. The first kappa shape index (κ1) is 13.4. The van der Waals surface area contributed by atoms with Gasteiger partial charge in [-0.15, -0.1) is 0 Å². The smallest absolute Gasteiger partial charge is 0.0548 e.